The Kier molecular flexibility index (Phi) is 6.09. The Morgan fingerprint density at radius 1 is 0.882 bits per heavy atom. The highest BCUT2D eigenvalue weighted by Gasteiger charge is 2.24. The van der Waals surface area contributed by atoms with E-state index in [1.165, 1.54) is 0 Å². The van der Waals surface area contributed by atoms with E-state index in [0.29, 0.717) is 0 Å². The molecule has 3 aromatic heterocycles. The van der Waals surface area contributed by atoms with Crippen LogP contribution < -0.4 is 27.2 Å². The van der Waals surface area contributed by atoms with Gasteiger partial charge in [0.2, 0.25) is 0 Å². The Hall–Kier alpha value is -3.09. The molecule has 148 valence electrons. The van der Waals surface area contributed by atoms with Crippen molar-refractivity contribution in [1.82, 2.24) is 19.5 Å². The normalized spacial score (nSPS) is 11.6. The molecule has 1 N–H and O–H groups in total. The number of imidazole rings is 1. The highest BCUT2D eigenvalue weighted by molar-refractivity contribution is 6.66. The van der Waals surface area contributed by atoms with Crippen molar-refractivity contribution in [2.45, 2.75) is 12.0 Å². The first-order valence-corrected chi connectivity index (χ1v) is 10.1. The predicted molar refractivity (Wildman–Crippen MR) is 141 cm³/mol. The molecule has 4 rings (SSSR count). The molecule has 0 fully saturated rings. The maximum absolute atomic E-state index is 13.1. The maximum Gasteiger partial charge on any atom is 0.255 e. The lowest BCUT2D eigenvalue weighted by Gasteiger charge is -2.31. The van der Waals surface area contributed by atoms with Crippen LogP contribution in [0.2, 0.25) is 0 Å². The summed E-state index contributed by atoms with van der Waals surface area (Å²) < 4.78 is 1.93. The standard InChI is InChI=1S/C21H12B7N5O/c1-8-29-7-12(33(8)2)11-3-9-4-13(31-6-10(9)5-30-11)32-20(34)14-16(22)18(24)15(21(26,27)28)19(25)17(14)23/h3-7H,1-2H3,(H,31,32,34). The number of amides is 1. The molecule has 0 spiro atoms. The molecule has 0 saturated carbocycles. The van der Waals surface area contributed by atoms with Gasteiger partial charge in [0.15, 0.2) is 0 Å². The van der Waals surface area contributed by atoms with Crippen LogP contribution in [0.5, 0.6) is 0 Å². The highest BCUT2D eigenvalue weighted by atomic mass is 16.1. The number of nitrogens with one attached hydrogen (secondary N) is 1. The van der Waals surface area contributed by atoms with Crippen LogP contribution in [-0.2, 0) is 12.2 Å². The summed E-state index contributed by atoms with van der Waals surface area (Å²) in [5, 5.41) is 2.34. The lowest BCUT2D eigenvalue weighted by Crippen LogP contribution is -2.54. The maximum atomic E-state index is 13.1. The average Bonchev–Trinajstić information content (AvgIpc) is 3.09. The Balaban J connectivity index is 1.72. The van der Waals surface area contributed by atoms with Crippen LogP contribution in [0.15, 0.2) is 30.7 Å². The fourth-order valence-electron chi connectivity index (χ4n) is 3.71. The second kappa shape index (κ2) is 8.60. The molecule has 0 saturated heterocycles. The number of rotatable bonds is 4. The number of aromatic nitrogens is 4. The van der Waals surface area contributed by atoms with Gasteiger partial charge in [-0.3, -0.25) is 9.78 Å². The quantitative estimate of drug-likeness (QED) is 0.363. The molecule has 0 aliphatic heterocycles. The van der Waals surface area contributed by atoms with Crippen molar-refractivity contribution in [3.8, 4) is 11.4 Å². The summed E-state index contributed by atoms with van der Waals surface area (Å²) in [7, 11) is 43.3. The van der Waals surface area contributed by atoms with Gasteiger partial charge in [0.25, 0.3) is 5.91 Å². The van der Waals surface area contributed by atoms with Crippen molar-refractivity contribution in [2.24, 2.45) is 7.05 Å². The smallest absolute Gasteiger partial charge is 0.255 e. The number of nitrogens with zero attached hydrogens (tertiary/aromatic N) is 4. The topological polar surface area (TPSA) is 72.7 Å². The van der Waals surface area contributed by atoms with Gasteiger partial charge in [0.05, 0.1) is 41.1 Å². The highest BCUT2D eigenvalue weighted by Crippen LogP contribution is 2.23. The molecular weight excluding hydrogens is 414 g/mol. The van der Waals surface area contributed by atoms with E-state index in [-0.39, 0.29) is 38.8 Å². The van der Waals surface area contributed by atoms with Gasteiger partial charge in [0.1, 0.15) is 43.0 Å². The second-order valence-corrected chi connectivity index (χ2v) is 8.03. The molecule has 0 bridgehead atoms. The number of anilines is 1. The minimum atomic E-state index is -1.90. The van der Waals surface area contributed by atoms with E-state index in [0.717, 1.165) is 28.0 Å². The lowest BCUT2D eigenvalue weighted by molar-refractivity contribution is 0.102. The summed E-state index contributed by atoms with van der Waals surface area (Å²) in [5.41, 5.74) is 0.837. The summed E-state index contributed by atoms with van der Waals surface area (Å²) in [6.45, 7) is 1.90. The van der Waals surface area contributed by atoms with Crippen LogP contribution in [-0.4, -0.2) is 80.4 Å². The van der Waals surface area contributed by atoms with Crippen LogP contribution >= 0.6 is 0 Å². The third-order valence-electron chi connectivity index (χ3n) is 5.65. The fraction of sp³-hybridized carbons (Fsp3) is 0.143. The van der Waals surface area contributed by atoms with Gasteiger partial charge in [-0.2, -0.15) is 0 Å². The van der Waals surface area contributed by atoms with Gasteiger partial charge in [-0.1, -0.05) is 16.5 Å². The van der Waals surface area contributed by atoms with Gasteiger partial charge in [-0.05, 0) is 24.4 Å². The van der Waals surface area contributed by atoms with E-state index in [1.807, 2.05) is 24.6 Å². The van der Waals surface area contributed by atoms with E-state index in [1.54, 1.807) is 24.7 Å². The molecule has 6 nitrogen and oxygen atoms in total. The van der Waals surface area contributed by atoms with Crippen molar-refractivity contribution >= 4 is 99.3 Å². The molecule has 14 radical (unpaired) electrons. The first kappa shape index (κ1) is 24.1. The molecule has 0 aliphatic carbocycles. The Bertz CT molecular complexity index is 1430. The number of carbonyl (C=O) groups excluding carboxylic acids is 1. The molecule has 4 aromatic rings. The van der Waals surface area contributed by atoms with E-state index in [2.05, 4.69) is 20.3 Å². The first-order chi connectivity index (χ1) is 15.9. The molecule has 1 aromatic carbocycles. The molecule has 0 aliphatic rings. The van der Waals surface area contributed by atoms with Crippen LogP contribution in [0.1, 0.15) is 21.7 Å². The van der Waals surface area contributed by atoms with Gasteiger partial charge in [0, 0.05) is 30.4 Å². The molecule has 34 heavy (non-hydrogen) atoms. The molecule has 1 amide bonds. The van der Waals surface area contributed by atoms with Crippen molar-refractivity contribution in [3.63, 3.8) is 0 Å². The zero-order valence-electron chi connectivity index (χ0n) is 18.6. The van der Waals surface area contributed by atoms with E-state index >= 15 is 0 Å². The number of hydrogen-bond acceptors (Lipinski definition) is 4. The Morgan fingerprint density at radius 2 is 1.50 bits per heavy atom. The van der Waals surface area contributed by atoms with Crippen molar-refractivity contribution in [2.75, 3.05) is 5.32 Å². The van der Waals surface area contributed by atoms with E-state index in [4.69, 9.17) is 54.9 Å². The molecule has 0 unspecified atom stereocenters. The average molecular weight is 426 g/mol. The zero-order chi connectivity index (χ0) is 24.9. The van der Waals surface area contributed by atoms with Crippen molar-refractivity contribution in [1.29, 1.82) is 0 Å². The third kappa shape index (κ3) is 4.12. The van der Waals surface area contributed by atoms with Crippen LogP contribution in [0.3, 0.4) is 0 Å². The Morgan fingerprint density at radius 3 is 2.06 bits per heavy atom. The Labute approximate surface area is 207 Å². The number of aryl methyl sites for hydroxylation is 1. The third-order valence-corrected chi connectivity index (χ3v) is 5.65. The number of fused-ring (bicyclic) bond motifs is 1. The minimum absolute atomic E-state index is 0.0479. The van der Waals surface area contributed by atoms with E-state index < -0.39 is 11.0 Å². The largest absolute Gasteiger partial charge is 0.330 e. The van der Waals surface area contributed by atoms with Crippen LogP contribution in [0, 0.1) is 6.92 Å². The summed E-state index contributed by atoms with van der Waals surface area (Å²) in [6.07, 6.45) is 5.02. The monoisotopic (exact) mass is 427 g/mol. The fourth-order valence-corrected chi connectivity index (χ4v) is 3.71. The summed E-state index contributed by atoms with van der Waals surface area (Å²) in [5.74, 6) is 0.442. The summed E-state index contributed by atoms with van der Waals surface area (Å²) >= 11 is 0. The van der Waals surface area contributed by atoms with Gasteiger partial charge in [-0.15, -0.1) is 16.0 Å². The number of hydrogen-bond donors (Lipinski definition) is 1. The molecule has 0 atom stereocenters. The minimum Gasteiger partial charge on any atom is -0.330 e. The lowest BCUT2D eigenvalue weighted by atomic mass is 9.37. The van der Waals surface area contributed by atoms with Gasteiger partial charge < -0.3 is 9.88 Å². The number of benzene rings is 1. The molecule has 3 heterocycles. The second-order valence-electron chi connectivity index (χ2n) is 8.03. The van der Waals surface area contributed by atoms with Crippen LogP contribution in [0.4, 0.5) is 5.82 Å². The van der Waals surface area contributed by atoms with Crippen LogP contribution in [0.25, 0.3) is 22.2 Å². The summed E-state index contributed by atoms with van der Waals surface area (Å²) in [6, 6.07) is 3.57. The predicted octanol–water partition coefficient (Wildman–Crippen LogP) is -2.62. The molecular formula is C21H12B7N5O. The number of pyridine rings is 2. The van der Waals surface area contributed by atoms with Gasteiger partial charge >= 0.3 is 0 Å². The molecule has 13 heteroatoms. The summed E-state index contributed by atoms with van der Waals surface area (Å²) in [4.78, 5) is 26.1. The van der Waals surface area contributed by atoms with Crippen molar-refractivity contribution in [3.05, 3.63) is 47.7 Å². The van der Waals surface area contributed by atoms with Gasteiger partial charge in [-0.25, -0.2) is 9.97 Å². The van der Waals surface area contributed by atoms with E-state index in [9.17, 15) is 4.79 Å². The van der Waals surface area contributed by atoms with Crippen molar-refractivity contribution < 1.29 is 4.79 Å². The zero-order valence-corrected chi connectivity index (χ0v) is 18.6. The first-order valence-electron chi connectivity index (χ1n) is 10.1. The number of carbonyl (C=O) groups is 1. The SMILES string of the molecule is [B]c1c([B])c(C([B])([B])[B])c([B])c([B])c1C(=O)Nc1cc2cc(-c3cnc(C)n3C)ncc2cn1.